The van der Waals surface area contributed by atoms with Crippen molar-refractivity contribution in [3.8, 4) is 0 Å². The number of carbonyl (C=O) groups excluding carboxylic acids is 1. The van der Waals surface area contributed by atoms with Gasteiger partial charge in [-0.25, -0.2) is 0 Å². The number of likely N-dealkylation sites (N-methyl/N-ethyl adjacent to an activating group) is 1. The molecule has 3 aromatic carbocycles. The van der Waals surface area contributed by atoms with Crippen LogP contribution in [0, 0.1) is 0 Å². The number of fused-ring (bicyclic) bond motifs is 1. The molecule has 2 fully saturated rings. The molecule has 34 heavy (non-hydrogen) atoms. The molecule has 4 heteroatoms. The third-order valence-corrected chi connectivity index (χ3v) is 7.92. The molecular weight excluding hydrogens is 418 g/mol. The quantitative estimate of drug-likeness (QED) is 0.488. The van der Waals surface area contributed by atoms with Crippen LogP contribution in [-0.2, 0) is 0 Å². The molecule has 0 aromatic heterocycles. The largest absolute Gasteiger partial charge is 0.368 e. The first-order valence-corrected chi connectivity index (χ1v) is 13.0. The van der Waals surface area contributed by atoms with Crippen LogP contribution in [-0.4, -0.2) is 61.5 Å². The second-order valence-corrected chi connectivity index (χ2v) is 10.0. The number of benzene rings is 3. The van der Waals surface area contributed by atoms with Crippen LogP contribution < -0.4 is 4.90 Å². The van der Waals surface area contributed by atoms with Crippen LogP contribution in [0.2, 0.25) is 0 Å². The minimum Gasteiger partial charge on any atom is -0.368 e. The number of rotatable bonds is 5. The lowest BCUT2D eigenvalue weighted by atomic mass is 9.80. The highest BCUT2D eigenvalue weighted by Gasteiger charge is 2.28. The van der Waals surface area contributed by atoms with Gasteiger partial charge in [0.1, 0.15) is 0 Å². The molecule has 2 unspecified atom stereocenters. The van der Waals surface area contributed by atoms with E-state index in [0.29, 0.717) is 12.0 Å². The number of piperazine rings is 1. The second-order valence-electron chi connectivity index (χ2n) is 10.0. The molecule has 1 heterocycles. The summed E-state index contributed by atoms with van der Waals surface area (Å²) in [6.45, 7) is 6.86. The highest BCUT2D eigenvalue weighted by atomic mass is 16.2. The number of carbonyl (C=O) groups is 1. The highest BCUT2D eigenvalue weighted by Crippen LogP contribution is 2.38. The Hall–Kier alpha value is -2.85. The summed E-state index contributed by atoms with van der Waals surface area (Å²) in [7, 11) is 2.12. The van der Waals surface area contributed by atoms with E-state index in [4.69, 9.17) is 0 Å². The fourth-order valence-electron chi connectivity index (χ4n) is 5.92. The highest BCUT2D eigenvalue weighted by molar-refractivity contribution is 5.95. The number of anilines is 1. The maximum Gasteiger partial charge on any atom is 0.253 e. The molecule has 2 atom stereocenters. The van der Waals surface area contributed by atoms with Crippen molar-refractivity contribution in [3.05, 3.63) is 77.9 Å². The Morgan fingerprint density at radius 3 is 2.41 bits per heavy atom. The van der Waals surface area contributed by atoms with E-state index >= 15 is 0 Å². The van der Waals surface area contributed by atoms with Gasteiger partial charge in [0, 0.05) is 55.4 Å². The average molecular weight is 456 g/mol. The maximum atomic E-state index is 12.9. The van der Waals surface area contributed by atoms with Crippen LogP contribution in [0.25, 0.3) is 10.8 Å². The van der Waals surface area contributed by atoms with Gasteiger partial charge in [0.05, 0.1) is 0 Å². The van der Waals surface area contributed by atoms with E-state index < -0.39 is 0 Å². The Labute approximate surface area is 204 Å². The summed E-state index contributed by atoms with van der Waals surface area (Å²) in [4.78, 5) is 19.8. The topological polar surface area (TPSA) is 26.8 Å². The van der Waals surface area contributed by atoms with Crippen LogP contribution in [0.4, 0.5) is 5.69 Å². The SMILES string of the molecule is CCN(c1cccc2ccccc12)C1CCCC(c2ccc(C(=O)N3CCN(C)CC3)cc2)C1. The smallest absolute Gasteiger partial charge is 0.253 e. The van der Waals surface area contributed by atoms with E-state index in [2.05, 4.69) is 90.5 Å². The summed E-state index contributed by atoms with van der Waals surface area (Å²) in [5.74, 6) is 0.727. The summed E-state index contributed by atoms with van der Waals surface area (Å²) in [5.41, 5.74) is 3.57. The number of hydrogen-bond acceptors (Lipinski definition) is 3. The van der Waals surface area contributed by atoms with Gasteiger partial charge >= 0.3 is 0 Å². The standard InChI is InChI=1S/C30H37N3O/c1-3-33(29-13-7-9-24-8-4-5-12-28(24)29)27-11-6-10-26(22-27)23-14-16-25(17-15-23)30(34)32-20-18-31(2)19-21-32/h4-5,7-9,12-17,26-27H,3,6,10-11,18-22H2,1-2H3. The normalized spacial score (nSPS) is 21.5. The molecule has 0 spiro atoms. The average Bonchev–Trinajstić information content (AvgIpc) is 2.90. The molecule has 0 bridgehead atoms. The Kier molecular flexibility index (Phi) is 6.87. The van der Waals surface area contributed by atoms with Crippen molar-refractivity contribution < 1.29 is 4.79 Å². The summed E-state index contributed by atoms with van der Waals surface area (Å²) in [6.07, 6.45) is 4.89. The van der Waals surface area contributed by atoms with Gasteiger partial charge in [-0.1, -0.05) is 55.0 Å². The van der Waals surface area contributed by atoms with Crippen LogP contribution in [0.3, 0.4) is 0 Å². The van der Waals surface area contributed by atoms with E-state index in [1.807, 2.05) is 4.90 Å². The molecular formula is C30H37N3O. The molecule has 1 saturated heterocycles. The Morgan fingerprint density at radius 2 is 1.65 bits per heavy atom. The van der Waals surface area contributed by atoms with Crippen LogP contribution >= 0.6 is 0 Å². The van der Waals surface area contributed by atoms with Gasteiger partial charge in [0.25, 0.3) is 5.91 Å². The monoisotopic (exact) mass is 455 g/mol. The Bertz CT molecular complexity index is 1110. The number of nitrogens with zero attached hydrogens (tertiary/aromatic N) is 3. The molecule has 1 aliphatic carbocycles. The van der Waals surface area contributed by atoms with E-state index in [-0.39, 0.29) is 5.91 Å². The molecule has 1 saturated carbocycles. The van der Waals surface area contributed by atoms with Gasteiger partial charge in [-0.05, 0) is 68.3 Å². The zero-order valence-corrected chi connectivity index (χ0v) is 20.6. The van der Waals surface area contributed by atoms with Crippen LogP contribution in [0.5, 0.6) is 0 Å². The molecule has 1 amide bonds. The van der Waals surface area contributed by atoms with Gasteiger partial charge in [0.15, 0.2) is 0 Å². The Morgan fingerprint density at radius 1 is 0.912 bits per heavy atom. The van der Waals surface area contributed by atoms with Crippen molar-refractivity contribution in [3.63, 3.8) is 0 Å². The van der Waals surface area contributed by atoms with Gasteiger partial charge in [-0.3, -0.25) is 4.79 Å². The van der Waals surface area contributed by atoms with Crippen molar-refractivity contribution in [2.75, 3.05) is 44.7 Å². The zero-order chi connectivity index (χ0) is 23.5. The molecule has 0 N–H and O–H groups in total. The number of hydrogen-bond donors (Lipinski definition) is 0. The molecule has 3 aromatic rings. The third kappa shape index (κ3) is 4.69. The fourth-order valence-corrected chi connectivity index (χ4v) is 5.92. The minimum atomic E-state index is 0.175. The lowest BCUT2D eigenvalue weighted by Crippen LogP contribution is -2.47. The predicted octanol–water partition coefficient (Wildman–Crippen LogP) is 5.78. The molecule has 4 nitrogen and oxygen atoms in total. The first kappa shape index (κ1) is 22.9. The summed E-state index contributed by atoms with van der Waals surface area (Å²) >= 11 is 0. The van der Waals surface area contributed by atoms with Gasteiger partial charge in [0.2, 0.25) is 0 Å². The second kappa shape index (κ2) is 10.2. The fraction of sp³-hybridized carbons (Fsp3) is 0.433. The predicted molar refractivity (Wildman–Crippen MR) is 142 cm³/mol. The third-order valence-electron chi connectivity index (χ3n) is 7.92. The molecule has 0 radical (unpaired) electrons. The number of amides is 1. The van der Waals surface area contributed by atoms with Crippen molar-refractivity contribution in [1.29, 1.82) is 0 Å². The first-order valence-electron chi connectivity index (χ1n) is 13.0. The van der Waals surface area contributed by atoms with Crippen molar-refractivity contribution in [2.45, 2.75) is 44.6 Å². The van der Waals surface area contributed by atoms with E-state index in [1.54, 1.807) is 0 Å². The van der Waals surface area contributed by atoms with E-state index in [1.165, 1.54) is 47.7 Å². The molecule has 2 aliphatic rings. The Balaban J connectivity index is 1.30. The lowest BCUT2D eigenvalue weighted by Gasteiger charge is -2.39. The van der Waals surface area contributed by atoms with Crippen LogP contribution in [0.15, 0.2) is 66.7 Å². The first-order chi connectivity index (χ1) is 16.6. The van der Waals surface area contributed by atoms with E-state index in [0.717, 1.165) is 38.3 Å². The van der Waals surface area contributed by atoms with Gasteiger partial charge < -0.3 is 14.7 Å². The van der Waals surface area contributed by atoms with Crippen molar-refractivity contribution in [2.24, 2.45) is 0 Å². The van der Waals surface area contributed by atoms with Gasteiger partial charge in [-0.15, -0.1) is 0 Å². The van der Waals surface area contributed by atoms with Crippen molar-refractivity contribution >= 4 is 22.4 Å². The molecule has 178 valence electrons. The summed E-state index contributed by atoms with van der Waals surface area (Å²) in [5, 5.41) is 2.66. The minimum absolute atomic E-state index is 0.175. The molecule has 5 rings (SSSR count). The maximum absolute atomic E-state index is 12.9. The summed E-state index contributed by atoms with van der Waals surface area (Å²) in [6, 6.07) is 24.5. The zero-order valence-electron chi connectivity index (χ0n) is 20.6. The molecule has 1 aliphatic heterocycles. The van der Waals surface area contributed by atoms with Crippen LogP contribution in [0.1, 0.15) is 54.4 Å². The van der Waals surface area contributed by atoms with Crippen molar-refractivity contribution in [1.82, 2.24) is 9.80 Å². The van der Waals surface area contributed by atoms with Gasteiger partial charge in [-0.2, -0.15) is 0 Å². The summed E-state index contributed by atoms with van der Waals surface area (Å²) < 4.78 is 0. The van der Waals surface area contributed by atoms with E-state index in [9.17, 15) is 4.79 Å². The lowest BCUT2D eigenvalue weighted by molar-refractivity contribution is 0.0664.